The van der Waals surface area contributed by atoms with Crippen molar-refractivity contribution in [3.63, 3.8) is 0 Å². The van der Waals surface area contributed by atoms with Gasteiger partial charge in [0.15, 0.2) is 0 Å². The van der Waals surface area contributed by atoms with Gasteiger partial charge in [-0.1, -0.05) is 63.2 Å². The average molecular weight is 407 g/mol. The molecule has 1 aliphatic carbocycles. The topological polar surface area (TPSA) is 50.4 Å². The first kappa shape index (κ1) is 20.9. The highest BCUT2D eigenvalue weighted by Gasteiger charge is 2.29. The summed E-state index contributed by atoms with van der Waals surface area (Å²) >= 11 is 0. The molecule has 1 aliphatic heterocycles. The summed E-state index contributed by atoms with van der Waals surface area (Å²) in [7, 11) is 0. The molecule has 0 aromatic heterocycles. The Hall–Kier alpha value is -2.33. The molecule has 30 heavy (non-hydrogen) atoms. The maximum Gasteiger partial charge on any atom is 0.242 e. The summed E-state index contributed by atoms with van der Waals surface area (Å²) in [6.07, 6.45) is 4.31. The maximum absolute atomic E-state index is 13.0. The number of hydrogen-bond acceptors (Lipinski definition) is 3. The van der Waals surface area contributed by atoms with Crippen molar-refractivity contribution in [2.45, 2.75) is 69.9 Å². The normalized spacial score (nSPS) is 24.3. The van der Waals surface area contributed by atoms with Gasteiger partial charge < -0.3 is 10.1 Å². The molecule has 0 spiro atoms. The van der Waals surface area contributed by atoms with Crippen molar-refractivity contribution in [1.29, 1.82) is 0 Å². The van der Waals surface area contributed by atoms with Gasteiger partial charge in [-0.2, -0.15) is 0 Å². The molecule has 4 nitrogen and oxygen atoms in total. The molecule has 1 saturated carbocycles. The first-order valence-electron chi connectivity index (χ1n) is 11.3. The third-order valence-corrected chi connectivity index (χ3v) is 6.52. The predicted octanol–water partition coefficient (Wildman–Crippen LogP) is 4.85. The lowest BCUT2D eigenvalue weighted by atomic mass is 9.80. The van der Waals surface area contributed by atoms with E-state index in [0.717, 1.165) is 37.0 Å². The zero-order valence-corrected chi connectivity index (χ0v) is 18.4. The summed E-state index contributed by atoms with van der Waals surface area (Å²) in [5, 5.41) is 6.64. The highest BCUT2D eigenvalue weighted by atomic mass is 16.5. The Bertz CT molecular complexity index is 861. The molecule has 2 aromatic rings. The molecule has 2 aliphatic rings. The van der Waals surface area contributed by atoms with Crippen molar-refractivity contribution in [3.05, 3.63) is 65.2 Å². The molecule has 160 valence electrons. The number of carbonyl (C=O) groups is 1. The lowest BCUT2D eigenvalue weighted by Gasteiger charge is -2.31. The summed E-state index contributed by atoms with van der Waals surface area (Å²) in [6, 6.07) is 16.9. The van der Waals surface area contributed by atoms with Gasteiger partial charge >= 0.3 is 0 Å². The Kier molecular flexibility index (Phi) is 6.14. The number of hydrogen-bond donors (Lipinski definition) is 2. The van der Waals surface area contributed by atoms with Crippen molar-refractivity contribution in [2.75, 3.05) is 13.2 Å². The Balaban J connectivity index is 1.34. The summed E-state index contributed by atoms with van der Waals surface area (Å²) < 4.78 is 5.77. The van der Waals surface area contributed by atoms with Crippen molar-refractivity contribution in [3.8, 4) is 5.75 Å². The predicted molar refractivity (Wildman–Crippen MR) is 121 cm³/mol. The molecular formula is C26H34N2O2. The first-order valence-corrected chi connectivity index (χ1v) is 11.3. The van der Waals surface area contributed by atoms with Gasteiger partial charge in [0.25, 0.3) is 0 Å². The van der Waals surface area contributed by atoms with Crippen LogP contribution in [0.4, 0.5) is 0 Å². The van der Waals surface area contributed by atoms with Crippen LogP contribution < -0.4 is 15.4 Å². The van der Waals surface area contributed by atoms with Gasteiger partial charge in [-0.15, -0.1) is 0 Å². The molecular weight excluding hydrogens is 372 g/mol. The number of para-hydroxylation sites is 1. The molecule has 1 atom stereocenters. The van der Waals surface area contributed by atoms with E-state index in [4.69, 9.17) is 4.74 Å². The van der Waals surface area contributed by atoms with Crippen LogP contribution in [0, 0.1) is 0 Å². The zero-order chi connectivity index (χ0) is 21.1. The SMILES string of the molecule is CC(C)(C)c1ccc(C2CCC(NC(=O)C3NCCOc4ccccc43)CC2)cc1. The summed E-state index contributed by atoms with van der Waals surface area (Å²) in [5.41, 5.74) is 3.94. The number of carbonyl (C=O) groups excluding carboxylic acids is 1. The first-order chi connectivity index (χ1) is 14.4. The standard InChI is InChI=1S/C26H34N2O2/c1-26(2,3)20-12-8-18(9-13-20)19-10-14-21(15-11-19)28-25(29)24-22-6-4-5-7-23(22)30-17-16-27-24/h4-9,12-13,19,21,24,27H,10-11,14-17H2,1-3H3,(H,28,29). The fourth-order valence-electron chi connectivity index (χ4n) is 4.67. The molecule has 2 aromatic carbocycles. The molecule has 2 N–H and O–H groups in total. The van der Waals surface area contributed by atoms with Crippen molar-refractivity contribution in [1.82, 2.24) is 10.6 Å². The molecule has 1 heterocycles. The average Bonchev–Trinajstić information content (AvgIpc) is 2.96. The van der Waals surface area contributed by atoms with E-state index in [-0.39, 0.29) is 23.4 Å². The third-order valence-electron chi connectivity index (χ3n) is 6.52. The molecule has 0 saturated heterocycles. The minimum Gasteiger partial charge on any atom is -0.492 e. The Morgan fingerprint density at radius 3 is 2.40 bits per heavy atom. The second-order valence-corrected chi connectivity index (χ2v) is 9.70. The van der Waals surface area contributed by atoms with E-state index in [1.54, 1.807) is 0 Å². The van der Waals surface area contributed by atoms with E-state index in [1.807, 2.05) is 24.3 Å². The second kappa shape index (κ2) is 8.81. The van der Waals surface area contributed by atoms with Crippen molar-refractivity contribution in [2.24, 2.45) is 0 Å². The van der Waals surface area contributed by atoms with Gasteiger partial charge in [-0.05, 0) is 54.2 Å². The number of nitrogens with one attached hydrogen (secondary N) is 2. The summed E-state index contributed by atoms with van der Waals surface area (Å²) in [5.74, 6) is 1.47. The Morgan fingerprint density at radius 1 is 1.00 bits per heavy atom. The number of amides is 1. The van der Waals surface area contributed by atoms with Gasteiger partial charge in [-0.3, -0.25) is 10.1 Å². The van der Waals surface area contributed by atoms with Gasteiger partial charge in [0.1, 0.15) is 18.4 Å². The molecule has 4 rings (SSSR count). The van der Waals surface area contributed by atoms with Gasteiger partial charge in [0, 0.05) is 18.2 Å². The number of ether oxygens (including phenoxy) is 1. The lowest BCUT2D eigenvalue weighted by Crippen LogP contribution is -2.44. The van der Waals surface area contributed by atoms with Gasteiger partial charge in [0.05, 0.1) is 0 Å². The van der Waals surface area contributed by atoms with Crippen LogP contribution in [0.2, 0.25) is 0 Å². The maximum atomic E-state index is 13.0. The van der Waals surface area contributed by atoms with Gasteiger partial charge in [0.2, 0.25) is 5.91 Å². The van der Waals surface area contributed by atoms with E-state index in [0.29, 0.717) is 19.1 Å². The van der Waals surface area contributed by atoms with Crippen LogP contribution in [0.3, 0.4) is 0 Å². The minimum absolute atomic E-state index is 0.0610. The van der Waals surface area contributed by atoms with Crippen LogP contribution in [-0.4, -0.2) is 25.1 Å². The molecule has 4 heteroatoms. The fraction of sp³-hybridized carbons (Fsp3) is 0.500. The van der Waals surface area contributed by atoms with Gasteiger partial charge in [-0.25, -0.2) is 0 Å². The highest BCUT2D eigenvalue weighted by Crippen LogP contribution is 2.34. The van der Waals surface area contributed by atoms with Crippen LogP contribution in [0.5, 0.6) is 5.75 Å². The van der Waals surface area contributed by atoms with E-state index < -0.39 is 0 Å². The molecule has 1 amide bonds. The van der Waals surface area contributed by atoms with Crippen LogP contribution in [0.1, 0.15) is 75.1 Å². The lowest BCUT2D eigenvalue weighted by molar-refractivity contribution is -0.124. The second-order valence-electron chi connectivity index (χ2n) is 9.70. The monoisotopic (exact) mass is 406 g/mol. The molecule has 1 fully saturated rings. The summed E-state index contributed by atoms with van der Waals surface area (Å²) in [4.78, 5) is 13.0. The quantitative estimate of drug-likeness (QED) is 0.766. The number of benzene rings is 2. The summed E-state index contributed by atoms with van der Waals surface area (Å²) in [6.45, 7) is 8.01. The highest BCUT2D eigenvalue weighted by molar-refractivity contribution is 5.84. The molecule has 1 unspecified atom stereocenters. The van der Waals surface area contributed by atoms with E-state index >= 15 is 0 Å². The van der Waals surface area contributed by atoms with Crippen molar-refractivity contribution < 1.29 is 9.53 Å². The Morgan fingerprint density at radius 2 is 1.70 bits per heavy atom. The molecule has 0 bridgehead atoms. The smallest absolute Gasteiger partial charge is 0.242 e. The fourth-order valence-corrected chi connectivity index (χ4v) is 4.67. The van der Waals surface area contributed by atoms with Crippen molar-refractivity contribution >= 4 is 5.91 Å². The van der Waals surface area contributed by atoms with Crippen LogP contribution >= 0.6 is 0 Å². The third kappa shape index (κ3) is 4.70. The van der Waals surface area contributed by atoms with E-state index in [9.17, 15) is 4.79 Å². The minimum atomic E-state index is -0.341. The zero-order valence-electron chi connectivity index (χ0n) is 18.4. The van der Waals surface area contributed by atoms with Crippen LogP contribution in [0.15, 0.2) is 48.5 Å². The number of rotatable bonds is 3. The Labute approximate surface area is 180 Å². The van der Waals surface area contributed by atoms with E-state index in [1.165, 1.54) is 11.1 Å². The number of fused-ring (bicyclic) bond motifs is 1. The van der Waals surface area contributed by atoms with E-state index in [2.05, 4.69) is 55.7 Å². The van der Waals surface area contributed by atoms with Crippen LogP contribution in [-0.2, 0) is 10.2 Å². The van der Waals surface area contributed by atoms with Crippen LogP contribution in [0.25, 0.3) is 0 Å². The molecule has 0 radical (unpaired) electrons. The largest absolute Gasteiger partial charge is 0.492 e.